The molecule has 6 heteroatoms. The lowest BCUT2D eigenvalue weighted by Crippen LogP contribution is -2.47. The summed E-state index contributed by atoms with van der Waals surface area (Å²) in [5, 5.41) is 18.8. The molecule has 0 amide bonds. The van der Waals surface area contributed by atoms with Crippen LogP contribution in [0.3, 0.4) is 0 Å². The number of rotatable bonds is 6. The summed E-state index contributed by atoms with van der Waals surface area (Å²) < 4.78 is 0. The maximum atomic E-state index is 10.9. The number of hydrogen-bond acceptors (Lipinski definition) is 5. The van der Waals surface area contributed by atoms with Crippen LogP contribution in [0.15, 0.2) is 24.3 Å². The average molecular weight is 347 g/mol. The van der Waals surface area contributed by atoms with Gasteiger partial charge >= 0.3 is 5.97 Å². The van der Waals surface area contributed by atoms with Crippen molar-refractivity contribution in [2.45, 2.75) is 6.54 Å². The zero-order valence-electron chi connectivity index (χ0n) is 15.0. The van der Waals surface area contributed by atoms with Crippen LogP contribution in [0, 0.1) is 11.8 Å². The summed E-state index contributed by atoms with van der Waals surface area (Å²) in [4.78, 5) is 18.2. The monoisotopic (exact) mass is 347 g/mol. The SMILES string of the molecule is CN1CCN(C[C@@H]2CN(Cc3ccc(C(=O)O)cc3)C[C@@H]2CO)CC1. The van der Waals surface area contributed by atoms with Crippen molar-refractivity contribution in [1.82, 2.24) is 14.7 Å². The summed E-state index contributed by atoms with van der Waals surface area (Å²) in [6.07, 6.45) is 0. The second-order valence-electron chi connectivity index (χ2n) is 7.50. The van der Waals surface area contributed by atoms with Gasteiger partial charge in [-0.25, -0.2) is 4.79 Å². The molecule has 2 heterocycles. The Bertz CT molecular complexity index is 570. The smallest absolute Gasteiger partial charge is 0.335 e. The fraction of sp³-hybridized carbons (Fsp3) is 0.632. The minimum Gasteiger partial charge on any atom is -0.478 e. The van der Waals surface area contributed by atoms with Gasteiger partial charge in [-0.05, 0) is 36.6 Å². The van der Waals surface area contributed by atoms with Gasteiger partial charge in [-0.15, -0.1) is 0 Å². The molecule has 0 unspecified atom stereocenters. The van der Waals surface area contributed by atoms with E-state index in [2.05, 4.69) is 21.7 Å². The van der Waals surface area contributed by atoms with E-state index in [1.54, 1.807) is 12.1 Å². The summed E-state index contributed by atoms with van der Waals surface area (Å²) in [6.45, 7) is 8.50. The number of aromatic carboxylic acids is 1. The molecule has 6 nitrogen and oxygen atoms in total. The Morgan fingerprint density at radius 2 is 1.68 bits per heavy atom. The van der Waals surface area contributed by atoms with E-state index in [1.807, 2.05) is 12.1 Å². The molecular formula is C19H29N3O3. The van der Waals surface area contributed by atoms with E-state index in [-0.39, 0.29) is 6.61 Å². The highest BCUT2D eigenvalue weighted by Gasteiger charge is 2.33. The lowest BCUT2D eigenvalue weighted by Gasteiger charge is -2.34. The largest absolute Gasteiger partial charge is 0.478 e. The molecule has 25 heavy (non-hydrogen) atoms. The van der Waals surface area contributed by atoms with Crippen LogP contribution in [0.4, 0.5) is 0 Å². The van der Waals surface area contributed by atoms with Crippen LogP contribution in [-0.4, -0.2) is 90.3 Å². The molecule has 2 atom stereocenters. The van der Waals surface area contributed by atoms with Gasteiger partial charge < -0.3 is 20.0 Å². The molecule has 0 bridgehead atoms. The first-order valence-electron chi connectivity index (χ1n) is 9.11. The molecule has 2 fully saturated rings. The predicted molar refractivity (Wildman–Crippen MR) is 96.7 cm³/mol. The molecule has 1 aromatic carbocycles. The third-order valence-corrected chi connectivity index (χ3v) is 5.58. The molecule has 2 aliphatic rings. The summed E-state index contributed by atoms with van der Waals surface area (Å²) in [5.41, 5.74) is 1.45. The zero-order valence-corrected chi connectivity index (χ0v) is 15.0. The number of piperazine rings is 1. The Kier molecular flexibility index (Phi) is 6.06. The van der Waals surface area contributed by atoms with E-state index >= 15 is 0 Å². The third kappa shape index (κ3) is 4.79. The zero-order chi connectivity index (χ0) is 17.8. The second-order valence-corrected chi connectivity index (χ2v) is 7.50. The quantitative estimate of drug-likeness (QED) is 0.789. The Labute approximate surface area is 149 Å². The number of carbonyl (C=O) groups is 1. The predicted octanol–water partition coefficient (Wildman–Crippen LogP) is 0.673. The molecule has 0 spiro atoms. The molecule has 0 aliphatic carbocycles. The number of carboxylic acid groups (broad SMARTS) is 1. The van der Waals surface area contributed by atoms with E-state index in [0.29, 0.717) is 17.4 Å². The molecule has 138 valence electrons. The first-order chi connectivity index (χ1) is 12.0. The molecule has 0 saturated carbocycles. The van der Waals surface area contributed by atoms with E-state index in [1.165, 1.54) is 0 Å². The van der Waals surface area contributed by atoms with E-state index in [9.17, 15) is 9.90 Å². The highest BCUT2D eigenvalue weighted by Crippen LogP contribution is 2.26. The fourth-order valence-electron chi connectivity index (χ4n) is 3.95. The van der Waals surface area contributed by atoms with Crippen LogP contribution in [-0.2, 0) is 6.54 Å². The molecule has 2 aliphatic heterocycles. The Morgan fingerprint density at radius 3 is 2.28 bits per heavy atom. The number of likely N-dealkylation sites (tertiary alicyclic amines) is 1. The summed E-state index contributed by atoms with van der Waals surface area (Å²) in [7, 11) is 2.17. The summed E-state index contributed by atoms with van der Waals surface area (Å²) in [5.74, 6) is -0.0510. The maximum Gasteiger partial charge on any atom is 0.335 e. The summed E-state index contributed by atoms with van der Waals surface area (Å²) in [6, 6.07) is 7.12. The Balaban J connectivity index is 1.54. The van der Waals surface area contributed by atoms with Gasteiger partial charge in [-0.1, -0.05) is 12.1 Å². The van der Waals surface area contributed by atoms with Gasteiger partial charge in [-0.3, -0.25) is 4.90 Å². The van der Waals surface area contributed by atoms with Crippen molar-refractivity contribution in [2.75, 3.05) is 59.5 Å². The second kappa shape index (κ2) is 8.27. The number of aliphatic hydroxyl groups excluding tert-OH is 1. The first kappa shape index (κ1) is 18.3. The van der Waals surface area contributed by atoms with E-state index in [4.69, 9.17) is 5.11 Å². The minimum absolute atomic E-state index is 0.243. The number of likely N-dealkylation sites (N-methyl/N-ethyl adjacent to an activating group) is 1. The van der Waals surface area contributed by atoms with Crippen LogP contribution in [0.1, 0.15) is 15.9 Å². The number of hydrogen-bond donors (Lipinski definition) is 2. The maximum absolute atomic E-state index is 10.9. The van der Waals surface area contributed by atoms with Crippen molar-refractivity contribution in [2.24, 2.45) is 11.8 Å². The van der Waals surface area contributed by atoms with Gasteiger partial charge in [0, 0.05) is 59.0 Å². The lowest BCUT2D eigenvalue weighted by molar-refractivity contribution is 0.0697. The molecule has 0 radical (unpaired) electrons. The van der Waals surface area contributed by atoms with Gasteiger partial charge in [-0.2, -0.15) is 0 Å². The van der Waals surface area contributed by atoms with E-state index in [0.717, 1.165) is 57.9 Å². The molecule has 2 N–H and O–H groups in total. The van der Waals surface area contributed by atoms with Crippen molar-refractivity contribution in [1.29, 1.82) is 0 Å². The topological polar surface area (TPSA) is 67.2 Å². The van der Waals surface area contributed by atoms with Crippen LogP contribution in [0.2, 0.25) is 0 Å². The average Bonchev–Trinajstić information content (AvgIpc) is 2.99. The van der Waals surface area contributed by atoms with Crippen molar-refractivity contribution < 1.29 is 15.0 Å². The van der Waals surface area contributed by atoms with Crippen LogP contribution >= 0.6 is 0 Å². The number of benzene rings is 1. The third-order valence-electron chi connectivity index (χ3n) is 5.58. The first-order valence-corrected chi connectivity index (χ1v) is 9.11. The minimum atomic E-state index is -0.889. The van der Waals surface area contributed by atoms with Crippen molar-refractivity contribution >= 4 is 5.97 Å². The van der Waals surface area contributed by atoms with Crippen LogP contribution < -0.4 is 0 Å². The van der Waals surface area contributed by atoms with Crippen molar-refractivity contribution in [3.63, 3.8) is 0 Å². The van der Waals surface area contributed by atoms with Gasteiger partial charge in [0.05, 0.1) is 5.56 Å². The van der Waals surface area contributed by atoms with E-state index < -0.39 is 5.97 Å². The Morgan fingerprint density at radius 1 is 1.04 bits per heavy atom. The molecule has 0 aromatic heterocycles. The number of carboxylic acids is 1. The number of nitrogens with zero attached hydrogens (tertiary/aromatic N) is 3. The molecule has 1 aromatic rings. The van der Waals surface area contributed by atoms with Crippen molar-refractivity contribution in [3.05, 3.63) is 35.4 Å². The van der Waals surface area contributed by atoms with Crippen LogP contribution in [0.25, 0.3) is 0 Å². The normalized spacial score (nSPS) is 26.2. The molecular weight excluding hydrogens is 318 g/mol. The highest BCUT2D eigenvalue weighted by molar-refractivity contribution is 5.87. The summed E-state index contributed by atoms with van der Waals surface area (Å²) >= 11 is 0. The highest BCUT2D eigenvalue weighted by atomic mass is 16.4. The van der Waals surface area contributed by atoms with Gasteiger partial charge in [0.15, 0.2) is 0 Å². The van der Waals surface area contributed by atoms with Crippen molar-refractivity contribution in [3.8, 4) is 0 Å². The standard InChI is InChI=1S/C19H29N3O3/c1-20-6-8-21(9-7-20)11-17-12-22(13-18(17)14-23)10-15-2-4-16(5-3-15)19(24)25/h2-5,17-18,23H,6-14H2,1H3,(H,24,25)/t17-,18-/m1/s1. The van der Waals surface area contributed by atoms with Crippen LogP contribution in [0.5, 0.6) is 0 Å². The van der Waals surface area contributed by atoms with Gasteiger partial charge in [0.2, 0.25) is 0 Å². The van der Waals surface area contributed by atoms with Gasteiger partial charge in [0.25, 0.3) is 0 Å². The fourth-order valence-corrected chi connectivity index (χ4v) is 3.95. The van der Waals surface area contributed by atoms with Gasteiger partial charge in [0.1, 0.15) is 0 Å². The lowest BCUT2D eigenvalue weighted by atomic mass is 9.96. The molecule has 2 saturated heterocycles. The Hall–Kier alpha value is -1.47. The molecule has 3 rings (SSSR count). The number of aliphatic hydroxyl groups is 1.